The van der Waals surface area contributed by atoms with Crippen LogP contribution in [0.2, 0.25) is 0 Å². The highest BCUT2D eigenvalue weighted by molar-refractivity contribution is 5.94. The minimum absolute atomic E-state index is 0.166. The summed E-state index contributed by atoms with van der Waals surface area (Å²) in [5, 5.41) is 13.8. The van der Waals surface area contributed by atoms with Crippen LogP contribution in [-0.4, -0.2) is 19.2 Å². The fraction of sp³-hybridized carbons (Fsp3) is 0.357. The van der Waals surface area contributed by atoms with Crippen molar-refractivity contribution in [3.8, 4) is 0 Å². The van der Waals surface area contributed by atoms with Gasteiger partial charge in [-0.1, -0.05) is 101 Å². The summed E-state index contributed by atoms with van der Waals surface area (Å²) >= 11 is 0. The normalized spacial score (nSPS) is 18.6. The van der Waals surface area contributed by atoms with Crippen molar-refractivity contribution in [2.45, 2.75) is 47.0 Å². The van der Waals surface area contributed by atoms with Crippen molar-refractivity contribution in [2.75, 3.05) is 6.61 Å². The van der Waals surface area contributed by atoms with Crippen LogP contribution in [0.1, 0.15) is 47.0 Å². The van der Waals surface area contributed by atoms with E-state index in [-0.39, 0.29) is 11.3 Å². The van der Waals surface area contributed by atoms with E-state index in [4.69, 9.17) is 15.6 Å². The largest absolute Gasteiger partial charge is 0.473 e. The molecule has 3 nitrogen and oxygen atoms in total. The van der Waals surface area contributed by atoms with E-state index in [1.807, 2.05) is 18.2 Å². The minimum Gasteiger partial charge on any atom is -0.473 e. The second-order valence-corrected chi connectivity index (χ2v) is 8.48. The first kappa shape index (κ1) is 26.1. The molecule has 0 aromatic carbocycles. The molecule has 0 amide bonds. The SMILES string of the molecule is C=N.CC/C=C(\C=C/CC1=CC=CCC=C1)COC(=N)C1=CC=CC(C(C)(C)C)C=C1. The zero-order chi connectivity index (χ0) is 23.1. The summed E-state index contributed by atoms with van der Waals surface area (Å²) in [5.74, 6) is 0.570. The summed E-state index contributed by atoms with van der Waals surface area (Å²) in [7, 11) is 0. The first-order valence-corrected chi connectivity index (χ1v) is 10.9. The third-order valence-electron chi connectivity index (χ3n) is 4.92. The van der Waals surface area contributed by atoms with Crippen molar-refractivity contribution in [2.24, 2.45) is 11.3 Å². The summed E-state index contributed by atoms with van der Waals surface area (Å²) in [5.41, 5.74) is 3.38. The molecule has 0 saturated heterocycles. The predicted molar refractivity (Wildman–Crippen MR) is 136 cm³/mol. The number of allylic oxidation sites excluding steroid dienone is 12. The van der Waals surface area contributed by atoms with Crippen molar-refractivity contribution < 1.29 is 4.74 Å². The molecule has 2 aliphatic rings. The van der Waals surface area contributed by atoms with E-state index < -0.39 is 0 Å². The molecule has 0 bridgehead atoms. The predicted octanol–water partition coefficient (Wildman–Crippen LogP) is 7.69. The van der Waals surface area contributed by atoms with Gasteiger partial charge in [0.25, 0.3) is 0 Å². The third-order valence-corrected chi connectivity index (χ3v) is 4.92. The van der Waals surface area contributed by atoms with E-state index >= 15 is 0 Å². The topological polar surface area (TPSA) is 56.9 Å². The molecule has 2 rings (SSSR count). The summed E-state index contributed by atoms with van der Waals surface area (Å²) in [6.45, 7) is 11.7. The van der Waals surface area contributed by atoms with Gasteiger partial charge in [-0.25, -0.2) is 0 Å². The third kappa shape index (κ3) is 10.1. The molecule has 166 valence electrons. The monoisotopic (exact) mass is 418 g/mol. The maximum absolute atomic E-state index is 8.34. The lowest BCUT2D eigenvalue weighted by Crippen LogP contribution is -2.16. The van der Waals surface area contributed by atoms with Crippen LogP contribution in [-0.2, 0) is 4.74 Å². The fourth-order valence-electron chi connectivity index (χ4n) is 3.12. The molecular weight excluding hydrogens is 380 g/mol. The highest BCUT2D eigenvalue weighted by atomic mass is 16.5. The Hall–Kier alpha value is -2.94. The van der Waals surface area contributed by atoms with Gasteiger partial charge in [0.05, 0.1) is 0 Å². The molecule has 1 atom stereocenters. The zero-order valence-electron chi connectivity index (χ0n) is 19.5. The van der Waals surface area contributed by atoms with Gasteiger partial charge >= 0.3 is 0 Å². The average molecular weight is 419 g/mol. The van der Waals surface area contributed by atoms with Crippen LogP contribution in [0.4, 0.5) is 0 Å². The molecule has 0 spiro atoms. The number of rotatable bonds is 7. The Bertz CT molecular complexity index is 824. The molecule has 0 saturated carbocycles. The molecule has 0 aromatic heterocycles. The van der Waals surface area contributed by atoms with Crippen LogP contribution in [0.5, 0.6) is 0 Å². The maximum atomic E-state index is 8.34. The number of nitrogens with one attached hydrogen (secondary N) is 2. The molecular formula is C28H38N2O. The molecule has 31 heavy (non-hydrogen) atoms. The summed E-state index contributed by atoms with van der Waals surface area (Å²) < 4.78 is 5.81. The van der Waals surface area contributed by atoms with Crippen molar-refractivity contribution in [1.29, 1.82) is 10.8 Å². The molecule has 0 heterocycles. The second kappa shape index (κ2) is 14.1. The first-order valence-electron chi connectivity index (χ1n) is 10.9. The smallest absolute Gasteiger partial charge is 0.213 e. The fourth-order valence-corrected chi connectivity index (χ4v) is 3.12. The summed E-state index contributed by atoms with van der Waals surface area (Å²) in [6.07, 6.45) is 30.4. The van der Waals surface area contributed by atoms with E-state index in [1.165, 1.54) is 5.57 Å². The Morgan fingerprint density at radius 1 is 1.13 bits per heavy atom. The van der Waals surface area contributed by atoms with Crippen LogP contribution >= 0.6 is 0 Å². The average Bonchev–Trinajstić information content (AvgIpc) is 3.16. The molecule has 0 fully saturated rings. The summed E-state index contributed by atoms with van der Waals surface area (Å²) in [6, 6.07) is 0. The molecule has 3 heteroatoms. The van der Waals surface area contributed by atoms with E-state index in [1.54, 1.807) is 0 Å². The van der Waals surface area contributed by atoms with Crippen LogP contribution < -0.4 is 0 Å². The quantitative estimate of drug-likeness (QED) is 0.248. The van der Waals surface area contributed by atoms with Gasteiger partial charge in [-0.2, -0.15) is 0 Å². The Morgan fingerprint density at radius 3 is 2.61 bits per heavy atom. The van der Waals surface area contributed by atoms with Crippen molar-refractivity contribution >= 4 is 12.6 Å². The van der Waals surface area contributed by atoms with Gasteiger partial charge in [0, 0.05) is 11.5 Å². The summed E-state index contributed by atoms with van der Waals surface area (Å²) in [4.78, 5) is 0. The van der Waals surface area contributed by atoms with Gasteiger partial charge in [0.15, 0.2) is 0 Å². The lowest BCUT2D eigenvalue weighted by Gasteiger charge is -2.24. The highest BCUT2D eigenvalue weighted by Crippen LogP contribution is 2.30. The van der Waals surface area contributed by atoms with Gasteiger partial charge in [0.2, 0.25) is 5.90 Å². The van der Waals surface area contributed by atoms with Crippen LogP contribution in [0.15, 0.2) is 95.7 Å². The van der Waals surface area contributed by atoms with E-state index in [2.05, 4.69) is 95.2 Å². The molecule has 0 radical (unpaired) electrons. The van der Waals surface area contributed by atoms with Gasteiger partial charge in [0.1, 0.15) is 6.61 Å². The van der Waals surface area contributed by atoms with E-state index in [9.17, 15) is 0 Å². The van der Waals surface area contributed by atoms with Crippen molar-refractivity contribution in [3.05, 3.63) is 95.7 Å². The molecule has 2 aliphatic carbocycles. The van der Waals surface area contributed by atoms with Gasteiger partial charge in [-0.15, -0.1) is 0 Å². The highest BCUT2D eigenvalue weighted by Gasteiger charge is 2.20. The van der Waals surface area contributed by atoms with Gasteiger partial charge in [-0.05, 0) is 48.6 Å². The Balaban J connectivity index is 0.00000233. The van der Waals surface area contributed by atoms with E-state index in [0.717, 1.165) is 30.4 Å². The first-order chi connectivity index (χ1) is 14.9. The van der Waals surface area contributed by atoms with Gasteiger partial charge < -0.3 is 10.1 Å². The number of hydrogen-bond donors (Lipinski definition) is 2. The molecule has 0 aliphatic heterocycles. The molecule has 2 N–H and O–H groups in total. The van der Waals surface area contributed by atoms with Crippen molar-refractivity contribution in [1.82, 2.24) is 0 Å². The molecule has 1 unspecified atom stereocenters. The van der Waals surface area contributed by atoms with Crippen LogP contribution in [0.3, 0.4) is 0 Å². The number of hydrogen-bond acceptors (Lipinski definition) is 3. The van der Waals surface area contributed by atoms with Crippen LogP contribution in [0.25, 0.3) is 0 Å². The lowest BCUT2D eigenvalue weighted by molar-refractivity contribution is 0.339. The van der Waals surface area contributed by atoms with Gasteiger partial charge in [-0.3, -0.25) is 5.41 Å². The zero-order valence-corrected chi connectivity index (χ0v) is 19.5. The van der Waals surface area contributed by atoms with E-state index in [0.29, 0.717) is 12.5 Å². The Morgan fingerprint density at radius 2 is 1.90 bits per heavy atom. The second-order valence-electron chi connectivity index (χ2n) is 8.48. The Labute approximate surface area is 189 Å². The Kier molecular flexibility index (Phi) is 11.9. The van der Waals surface area contributed by atoms with Crippen LogP contribution in [0, 0.1) is 22.2 Å². The minimum atomic E-state index is 0.166. The maximum Gasteiger partial charge on any atom is 0.213 e. The van der Waals surface area contributed by atoms with Crippen molar-refractivity contribution in [3.63, 3.8) is 0 Å². The lowest BCUT2D eigenvalue weighted by atomic mass is 9.80. The molecule has 0 aromatic rings. The standard InChI is InChI=1S/C27H35NO.CH3N/c1-5-12-23(16-10-15-22-13-8-6-7-9-14-22)21-29-26(28)24-17-11-18-25(20-19-24)27(2,3)4;1-2/h6,8-14,16-20,25,28H,5,7,15,21H2,1-4H3;2H,1H2/b16-10-,23-12+,28-26?;. The number of ether oxygens (including phenoxy) is 1.